The standard InChI is InChI=1S/C18H18N2O4/c21-18(19-14-6-7-15-16(10-14)24-12-23-15)20-8-9-22-17(11-20)13-4-2-1-3-5-13/h1-7,10,17H,8-9,11-12H2,(H,19,21). The van der Waals surface area contributed by atoms with Crippen LogP contribution < -0.4 is 14.8 Å². The lowest BCUT2D eigenvalue weighted by atomic mass is 10.1. The minimum absolute atomic E-state index is 0.0950. The molecule has 0 saturated carbocycles. The molecule has 1 unspecified atom stereocenters. The van der Waals surface area contributed by atoms with Crippen LogP contribution in [0.3, 0.4) is 0 Å². The Bertz CT molecular complexity index is 735. The second kappa shape index (κ2) is 6.41. The lowest BCUT2D eigenvalue weighted by Crippen LogP contribution is -2.44. The quantitative estimate of drug-likeness (QED) is 0.921. The number of benzene rings is 2. The van der Waals surface area contributed by atoms with Gasteiger partial charge in [0.2, 0.25) is 6.79 Å². The first kappa shape index (κ1) is 14.8. The second-order valence-corrected chi connectivity index (χ2v) is 5.71. The van der Waals surface area contributed by atoms with Gasteiger partial charge in [-0.15, -0.1) is 0 Å². The van der Waals surface area contributed by atoms with Crippen molar-refractivity contribution in [3.8, 4) is 11.5 Å². The molecule has 4 rings (SSSR count). The zero-order chi connectivity index (χ0) is 16.4. The highest BCUT2D eigenvalue weighted by Gasteiger charge is 2.25. The van der Waals surface area contributed by atoms with Gasteiger partial charge < -0.3 is 24.4 Å². The highest BCUT2D eigenvalue weighted by molar-refractivity contribution is 5.89. The van der Waals surface area contributed by atoms with Crippen molar-refractivity contribution >= 4 is 11.7 Å². The number of hydrogen-bond acceptors (Lipinski definition) is 4. The Morgan fingerprint density at radius 2 is 1.92 bits per heavy atom. The van der Waals surface area contributed by atoms with E-state index >= 15 is 0 Å². The maximum absolute atomic E-state index is 12.5. The van der Waals surface area contributed by atoms with Gasteiger partial charge in [0, 0.05) is 18.3 Å². The fraction of sp³-hybridized carbons (Fsp3) is 0.278. The summed E-state index contributed by atoms with van der Waals surface area (Å²) in [7, 11) is 0. The number of amides is 2. The lowest BCUT2D eigenvalue weighted by molar-refractivity contribution is -0.0135. The number of carbonyl (C=O) groups is 1. The lowest BCUT2D eigenvalue weighted by Gasteiger charge is -2.33. The van der Waals surface area contributed by atoms with Crippen molar-refractivity contribution in [3.63, 3.8) is 0 Å². The zero-order valence-electron chi connectivity index (χ0n) is 13.1. The highest BCUT2D eigenvalue weighted by atomic mass is 16.7. The average molecular weight is 326 g/mol. The van der Waals surface area contributed by atoms with Gasteiger partial charge in [-0.3, -0.25) is 0 Å². The smallest absolute Gasteiger partial charge is 0.322 e. The number of anilines is 1. The molecule has 1 atom stereocenters. The van der Waals surface area contributed by atoms with Gasteiger partial charge in [0.05, 0.1) is 13.2 Å². The summed E-state index contributed by atoms with van der Waals surface area (Å²) in [6, 6.07) is 15.2. The van der Waals surface area contributed by atoms with Crippen LogP contribution in [0.4, 0.5) is 10.5 Å². The van der Waals surface area contributed by atoms with E-state index in [1.807, 2.05) is 30.3 Å². The van der Waals surface area contributed by atoms with Gasteiger partial charge in [-0.25, -0.2) is 4.79 Å². The van der Waals surface area contributed by atoms with Crippen molar-refractivity contribution in [1.82, 2.24) is 4.90 Å². The molecule has 6 nitrogen and oxygen atoms in total. The molecule has 24 heavy (non-hydrogen) atoms. The molecule has 2 aromatic carbocycles. The van der Waals surface area contributed by atoms with E-state index in [-0.39, 0.29) is 18.9 Å². The maximum Gasteiger partial charge on any atom is 0.322 e. The summed E-state index contributed by atoms with van der Waals surface area (Å²) in [6.07, 6.45) is -0.0950. The first-order chi connectivity index (χ1) is 11.8. The van der Waals surface area contributed by atoms with Gasteiger partial charge in [0.1, 0.15) is 6.10 Å². The Labute approximate surface area is 139 Å². The third-order valence-corrected chi connectivity index (χ3v) is 4.15. The van der Waals surface area contributed by atoms with E-state index in [0.29, 0.717) is 36.9 Å². The molecule has 6 heteroatoms. The van der Waals surface area contributed by atoms with Crippen LogP contribution in [0, 0.1) is 0 Å². The van der Waals surface area contributed by atoms with Gasteiger partial charge in [0.15, 0.2) is 11.5 Å². The number of ether oxygens (including phenoxy) is 3. The van der Waals surface area contributed by atoms with E-state index in [9.17, 15) is 4.79 Å². The van der Waals surface area contributed by atoms with E-state index < -0.39 is 0 Å². The summed E-state index contributed by atoms with van der Waals surface area (Å²) in [5.41, 5.74) is 1.77. The third kappa shape index (κ3) is 3.00. The van der Waals surface area contributed by atoms with Crippen molar-refractivity contribution in [2.45, 2.75) is 6.10 Å². The molecule has 2 aromatic rings. The van der Waals surface area contributed by atoms with Crippen LogP contribution >= 0.6 is 0 Å². The Balaban J connectivity index is 1.42. The molecule has 2 aliphatic rings. The summed E-state index contributed by atoms with van der Waals surface area (Å²) < 4.78 is 16.4. The molecule has 0 spiro atoms. The molecule has 2 amide bonds. The minimum Gasteiger partial charge on any atom is -0.454 e. The van der Waals surface area contributed by atoms with Crippen LogP contribution in [-0.4, -0.2) is 37.4 Å². The van der Waals surface area contributed by atoms with Crippen LogP contribution in [0.2, 0.25) is 0 Å². The van der Waals surface area contributed by atoms with Gasteiger partial charge >= 0.3 is 6.03 Å². The van der Waals surface area contributed by atoms with Crippen LogP contribution in [0.5, 0.6) is 11.5 Å². The van der Waals surface area contributed by atoms with E-state index in [2.05, 4.69) is 5.32 Å². The molecule has 2 heterocycles. The minimum atomic E-state index is -0.141. The molecule has 1 fully saturated rings. The molecular weight excluding hydrogens is 308 g/mol. The fourth-order valence-electron chi connectivity index (χ4n) is 2.88. The average Bonchev–Trinajstić information content (AvgIpc) is 3.10. The zero-order valence-corrected chi connectivity index (χ0v) is 13.1. The Morgan fingerprint density at radius 1 is 1.08 bits per heavy atom. The third-order valence-electron chi connectivity index (χ3n) is 4.15. The van der Waals surface area contributed by atoms with Crippen LogP contribution in [-0.2, 0) is 4.74 Å². The van der Waals surface area contributed by atoms with E-state index in [1.54, 1.807) is 23.1 Å². The molecule has 0 bridgehead atoms. The number of urea groups is 1. The molecule has 0 aliphatic carbocycles. The number of nitrogens with zero attached hydrogens (tertiary/aromatic N) is 1. The van der Waals surface area contributed by atoms with Crippen molar-refractivity contribution < 1.29 is 19.0 Å². The van der Waals surface area contributed by atoms with Crippen molar-refractivity contribution in [1.29, 1.82) is 0 Å². The predicted octanol–water partition coefficient (Wildman–Crippen LogP) is 3.02. The van der Waals surface area contributed by atoms with Crippen molar-refractivity contribution in [2.75, 3.05) is 31.8 Å². The van der Waals surface area contributed by atoms with Gasteiger partial charge in [-0.2, -0.15) is 0 Å². The predicted molar refractivity (Wildman–Crippen MR) is 88.3 cm³/mol. The van der Waals surface area contributed by atoms with Crippen LogP contribution in [0.15, 0.2) is 48.5 Å². The molecule has 2 aliphatic heterocycles. The van der Waals surface area contributed by atoms with Crippen LogP contribution in [0.1, 0.15) is 11.7 Å². The van der Waals surface area contributed by atoms with Crippen molar-refractivity contribution in [3.05, 3.63) is 54.1 Å². The molecule has 1 saturated heterocycles. The Hall–Kier alpha value is -2.73. The Kier molecular flexibility index (Phi) is 3.96. The second-order valence-electron chi connectivity index (χ2n) is 5.71. The summed E-state index contributed by atoms with van der Waals surface area (Å²) >= 11 is 0. The summed E-state index contributed by atoms with van der Waals surface area (Å²) in [6.45, 7) is 1.84. The number of fused-ring (bicyclic) bond motifs is 1. The summed E-state index contributed by atoms with van der Waals surface area (Å²) in [4.78, 5) is 14.3. The largest absolute Gasteiger partial charge is 0.454 e. The number of rotatable bonds is 2. The molecule has 124 valence electrons. The van der Waals surface area contributed by atoms with E-state index in [4.69, 9.17) is 14.2 Å². The summed E-state index contributed by atoms with van der Waals surface area (Å²) in [5.74, 6) is 1.35. The highest BCUT2D eigenvalue weighted by Crippen LogP contribution is 2.34. The normalized spacial score (nSPS) is 19.2. The van der Waals surface area contributed by atoms with Gasteiger partial charge in [0.25, 0.3) is 0 Å². The number of hydrogen-bond donors (Lipinski definition) is 1. The van der Waals surface area contributed by atoms with E-state index in [1.165, 1.54) is 0 Å². The van der Waals surface area contributed by atoms with Crippen molar-refractivity contribution in [2.24, 2.45) is 0 Å². The monoisotopic (exact) mass is 326 g/mol. The molecule has 1 N–H and O–H groups in total. The first-order valence-electron chi connectivity index (χ1n) is 7.92. The molecule has 0 radical (unpaired) electrons. The summed E-state index contributed by atoms with van der Waals surface area (Å²) in [5, 5.41) is 2.91. The molecule has 0 aromatic heterocycles. The maximum atomic E-state index is 12.5. The molecular formula is C18H18N2O4. The fourth-order valence-corrected chi connectivity index (χ4v) is 2.88. The number of nitrogens with one attached hydrogen (secondary N) is 1. The van der Waals surface area contributed by atoms with Gasteiger partial charge in [-0.1, -0.05) is 30.3 Å². The Morgan fingerprint density at radius 3 is 2.79 bits per heavy atom. The number of carbonyl (C=O) groups excluding carboxylic acids is 1. The van der Waals surface area contributed by atoms with E-state index in [0.717, 1.165) is 5.56 Å². The van der Waals surface area contributed by atoms with Gasteiger partial charge in [-0.05, 0) is 17.7 Å². The topological polar surface area (TPSA) is 60.0 Å². The van der Waals surface area contributed by atoms with Crippen LogP contribution in [0.25, 0.3) is 0 Å². The SMILES string of the molecule is O=C(Nc1ccc2c(c1)OCO2)N1CCOC(c2ccccc2)C1. The number of morpholine rings is 1. The first-order valence-corrected chi connectivity index (χ1v) is 7.92.